The molecule has 4 nitrogen and oxygen atoms in total. The zero-order valence-electron chi connectivity index (χ0n) is 12.5. The Labute approximate surface area is 126 Å². The maximum Gasteiger partial charge on any atom is 0.224 e. The van der Waals surface area contributed by atoms with Crippen molar-refractivity contribution in [3.8, 4) is 0 Å². The second-order valence-electron chi connectivity index (χ2n) is 6.07. The number of amides is 1. The number of benzene rings is 1. The Bertz CT molecular complexity index is 463. The molecule has 1 aromatic rings. The highest BCUT2D eigenvalue weighted by atomic mass is 16.5. The van der Waals surface area contributed by atoms with Crippen molar-refractivity contribution in [1.29, 1.82) is 0 Å². The average Bonchev–Trinajstić information content (AvgIpc) is 2.86. The number of hydrogen-bond donors (Lipinski definition) is 1. The Kier molecular flexibility index (Phi) is 4.88. The highest BCUT2D eigenvalue weighted by Gasteiger charge is 2.32. The van der Waals surface area contributed by atoms with Gasteiger partial charge in [0.1, 0.15) is 0 Å². The van der Waals surface area contributed by atoms with Gasteiger partial charge >= 0.3 is 0 Å². The summed E-state index contributed by atoms with van der Waals surface area (Å²) in [6.45, 7) is 3.05. The molecule has 0 spiro atoms. The predicted octanol–water partition coefficient (Wildman–Crippen LogP) is 1.95. The van der Waals surface area contributed by atoms with Gasteiger partial charge in [-0.15, -0.1) is 0 Å². The van der Waals surface area contributed by atoms with Crippen LogP contribution in [0.1, 0.15) is 31.2 Å². The largest absolute Gasteiger partial charge is 0.377 e. The van der Waals surface area contributed by atoms with Gasteiger partial charge in [-0.25, -0.2) is 0 Å². The van der Waals surface area contributed by atoms with Crippen molar-refractivity contribution in [2.24, 2.45) is 0 Å². The maximum absolute atomic E-state index is 12.1. The molecular formula is C17H24N2O2. The topological polar surface area (TPSA) is 41.6 Å². The van der Waals surface area contributed by atoms with Gasteiger partial charge in [0, 0.05) is 38.2 Å². The van der Waals surface area contributed by atoms with Crippen molar-refractivity contribution < 1.29 is 9.53 Å². The minimum absolute atomic E-state index is 0.303. The third-order valence-corrected chi connectivity index (χ3v) is 4.38. The summed E-state index contributed by atoms with van der Waals surface area (Å²) >= 11 is 0. The van der Waals surface area contributed by atoms with E-state index in [1.54, 1.807) is 0 Å². The van der Waals surface area contributed by atoms with Crippen LogP contribution >= 0.6 is 0 Å². The minimum Gasteiger partial charge on any atom is -0.377 e. The SMILES string of the molecule is O=C1C[C@H]2CC[C@@H](CN1CCCOCc1ccccc1)N2. The van der Waals surface area contributed by atoms with Crippen molar-refractivity contribution in [2.45, 2.75) is 44.4 Å². The average molecular weight is 288 g/mol. The van der Waals surface area contributed by atoms with Gasteiger partial charge in [-0.1, -0.05) is 30.3 Å². The summed E-state index contributed by atoms with van der Waals surface area (Å²) < 4.78 is 5.69. The first kappa shape index (κ1) is 14.5. The molecule has 2 bridgehead atoms. The first-order chi connectivity index (χ1) is 10.3. The van der Waals surface area contributed by atoms with E-state index in [-0.39, 0.29) is 0 Å². The van der Waals surface area contributed by atoms with Crippen LogP contribution in [0, 0.1) is 0 Å². The molecule has 1 aromatic carbocycles. The van der Waals surface area contributed by atoms with E-state index in [9.17, 15) is 4.79 Å². The van der Waals surface area contributed by atoms with Crippen molar-refractivity contribution in [1.82, 2.24) is 10.2 Å². The van der Waals surface area contributed by atoms with Crippen molar-refractivity contribution in [3.63, 3.8) is 0 Å². The van der Waals surface area contributed by atoms with Crippen LogP contribution in [0.15, 0.2) is 30.3 Å². The fourth-order valence-electron chi connectivity index (χ4n) is 3.25. The third kappa shape index (κ3) is 4.05. The molecule has 2 fully saturated rings. The van der Waals surface area contributed by atoms with E-state index in [4.69, 9.17) is 4.74 Å². The Morgan fingerprint density at radius 3 is 2.86 bits per heavy atom. The number of rotatable bonds is 6. The fraction of sp³-hybridized carbons (Fsp3) is 0.588. The minimum atomic E-state index is 0.303. The zero-order chi connectivity index (χ0) is 14.5. The van der Waals surface area contributed by atoms with Gasteiger partial charge in [0.05, 0.1) is 6.61 Å². The molecule has 0 saturated carbocycles. The van der Waals surface area contributed by atoms with Gasteiger partial charge in [-0.2, -0.15) is 0 Å². The summed E-state index contributed by atoms with van der Waals surface area (Å²) in [5.74, 6) is 0.303. The van der Waals surface area contributed by atoms with E-state index in [1.807, 2.05) is 23.1 Å². The first-order valence-electron chi connectivity index (χ1n) is 7.97. The number of nitrogens with zero attached hydrogens (tertiary/aromatic N) is 1. The molecule has 1 N–H and O–H groups in total. The van der Waals surface area contributed by atoms with Crippen LogP contribution in [0.5, 0.6) is 0 Å². The van der Waals surface area contributed by atoms with Gasteiger partial charge in [0.15, 0.2) is 0 Å². The molecular weight excluding hydrogens is 264 g/mol. The number of ether oxygens (including phenoxy) is 1. The maximum atomic E-state index is 12.1. The summed E-state index contributed by atoms with van der Waals surface area (Å²) in [4.78, 5) is 14.2. The lowest BCUT2D eigenvalue weighted by Gasteiger charge is -2.24. The normalized spacial score (nSPS) is 25.1. The number of fused-ring (bicyclic) bond motifs is 2. The summed E-state index contributed by atoms with van der Waals surface area (Å²) in [6.07, 6.45) is 3.95. The molecule has 4 heteroatoms. The van der Waals surface area contributed by atoms with Gasteiger partial charge < -0.3 is 15.0 Å². The van der Waals surface area contributed by atoms with Crippen molar-refractivity contribution in [2.75, 3.05) is 19.7 Å². The summed E-state index contributed by atoms with van der Waals surface area (Å²) in [5, 5.41) is 3.54. The Morgan fingerprint density at radius 1 is 1.19 bits per heavy atom. The smallest absolute Gasteiger partial charge is 0.224 e. The summed E-state index contributed by atoms with van der Waals surface area (Å²) in [7, 11) is 0. The van der Waals surface area contributed by atoms with Crippen LogP contribution < -0.4 is 5.32 Å². The van der Waals surface area contributed by atoms with Crippen LogP contribution in [0.4, 0.5) is 0 Å². The molecule has 114 valence electrons. The van der Waals surface area contributed by atoms with Crippen molar-refractivity contribution >= 4 is 5.91 Å². The number of likely N-dealkylation sites (tertiary alicyclic amines) is 1. The lowest BCUT2D eigenvalue weighted by Crippen LogP contribution is -2.38. The van der Waals surface area contributed by atoms with E-state index >= 15 is 0 Å². The van der Waals surface area contributed by atoms with Crippen LogP contribution in [0.2, 0.25) is 0 Å². The number of carbonyl (C=O) groups is 1. The van der Waals surface area contributed by atoms with Gasteiger partial charge in [-0.05, 0) is 24.8 Å². The third-order valence-electron chi connectivity index (χ3n) is 4.38. The monoisotopic (exact) mass is 288 g/mol. The Hall–Kier alpha value is -1.39. The van der Waals surface area contributed by atoms with Gasteiger partial charge in [0.25, 0.3) is 0 Å². The second kappa shape index (κ2) is 7.05. The fourth-order valence-corrected chi connectivity index (χ4v) is 3.25. The molecule has 3 rings (SSSR count). The quantitative estimate of drug-likeness (QED) is 0.814. The predicted molar refractivity (Wildman–Crippen MR) is 81.9 cm³/mol. The molecule has 2 aliphatic heterocycles. The van der Waals surface area contributed by atoms with E-state index in [1.165, 1.54) is 12.0 Å². The van der Waals surface area contributed by atoms with Crippen molar-refractivity contribution in [3.05, 3.63) is 35.9 Å². The molecule has 2 atom stereocenters. The summed E-state index contributed by atoms with van der Waals surface area (Å²) in [5.41, 5.74) is 1.20. The first-order valence-corrected chi connectivity index (χ1v) is 7.97. The van der Waals surface area contributed by atoms with Crippen LogP contribution in [-0.4, -0.2) is 42.6 Å². The van der Waals surface area contributed by atoms with E-state index in [2.05, 4.69) is 17.4 Å². The Morgan fingerprint density at radius 2 is 2.00 bits per heavy atom. The summed E-state index contributed by atoms with van der Waals surface area (Å²) in [6, 6.07) is 11.1. The molecule has 2 aliphatic rings. The molecule has 2 heterocycles. The number of carbonyl (C=O) groups excluding carboxylic acids is 1. The van der Waals surface area contributed by atoms with Crippen LogP contribution in [0.25, 0.3) is 0 Å². The highest BCUT2D eigenvalue weighted by molar-refractivity contribution is 5.77. The standard InChI is InChI=1S/C17H24N2O2/c20-17-11-15-7-8-16(18-15)12-19(17)9-4-10-21-13-14-5-2-1-3-6-14/h1-3,5-6,15-16,18H,4,7-13H2/t15-,16+/m1/s1. The lowest BCUT2D eigenvalue weighted by atomic mass is 10.1. The molecule has 0 aromatic heterocycles. The molecule has 1 amide bonds. The van der Waals surface area contributed by atoms with E-state index in [0.717, 1.165) is 25.9 Å². The van der Waals surface area contributed by atoms with Crippen LogP contribution in [-0.2, 0) is 16.1 Å². The Balaban J connectivity index is 1.36. The van der Waals surface area contributed by atoms with E-state index in [0.29, 0.717) is 37.6 Å². The molecule has 0 aliphatic carbocycles. The number of nitrogens with one attached hydrogen (secondary N) is 1. The van der Waals surface area contributed by atoms with Gasteiger partial charge in [0.2, 0.25) is 5.91 Å². The molecule has 0 unspecified atom stereocenters. The lowest BCUT2D eigenvalue weighted by molar-refractivity contribution is -0.131. The molecule has 21 heavy (non-hydrogen) atoms. The number of hydrogen-bond acceptors (Lipinski definition) is 3. The second-order valence-corrected chi connectivity index (χ2v) is 6.07. The highest BCUT2D eigenvalue weighted by Crippen LogP contribution is 2.21. The van der Waals surface area contributed by atoms with E-state index < -0.39 is 0 Å². The van der Waals surface area contributed by atoms with Gasteiger partial charge in [-0.3, -0.25) is 4.79 Å². The molecule has 2 saturated heterocycles. The van der Waals surface area contributed by atoms with Crippen LogP contribution in [0.3, 0.4) is 0 Å². The zero-order valence-corrected chi connectivity index (χ0v) is 12.5. The molecule has 0 radical (unpaired) electrons.